The van der Waals surface area contributed by atoms with Crippen molar-refractivity contribution in [2.24, 2.45) is 0 Å². The van der Waals surface area contributed by atoms with Gasteiger partial charge >= 0.3 is 5.97 Å². The van der Waals surface area contributed by atoms with Crippen LogP contribution in [0.4, 0.5) is 0 Å². The number of allylic oxidation sites excluding steroid dienone is 2. The lowest BCUT2D eigenvalue weighted by atomic mass is 9.96. The molecule has 7 nitrogen and oxygen atoms in total. The van der Waals surface area contributed by atoms with Gasteiger partial charge in [0.15, 0.2) is 5.65 Å². The van der Waals surface area contributed by atoms with Gasteiger partial charge in [-0.3, -0.25) is 4.98 Å². The fourth-order valence-corrected chi connectivity index (χ4v) is 3.29. The van der Waals surface area contributed by atoms with Crippen LogP contribution in [0, 0.1) is 6.92 Å². The molecule has 0 aromatic carbocycles. The van der Waals surface area contributed by atoms with Gasteiger partial charge in [0.05, 0.1) is 25.1 Å². The van der Waals surface area contributed by atoms with E-state index < -0.39 is 0 Å². The summed E-state index contributed by atoms with van der Waals surface area (Å²) in [6.45, 7) is 7.23. The molecule has 0 unspecified atom stereocenters. The monoisotopic (exact) mass is 406 g/mol. The summed E-state index contributed by atoms with van der Waals surface area (Å²) in [5.74, 6) is -0.375. The smallest absolute Gasteiger partial charge is 0.330 e. The Morgan fingerprint density at radius 2 is 2.03 bits per heavy atom. The molecule has 3 rings (SSSR count). The van der Waals surface area contributed by atoms with Crippen LogP contribution in [0.2, 0.25) is 0 Å². The van der Waals surface area contributed by atoms with Gasteiger partial charge in [-0.25, -0.2) is 14.5 Å². The SMILES string of the molecule is CCOC(=O)/C=C/C=C/c1c(COC)nc2c(cnn2CC)c1-c1cncc(C)c1. The van der Waals surface area contributed by atoms with Crippen LogP contribution in [-0.4, -0.2) is 39.4 Å². The third-order valence-corrected chi connectivity index (χ3v) is 4.54. The van der Waals surface area contributed by atoms with E-state index in [1.807, 2.05) is 43.2 Å². The summed E-state index contributed by atoms with van der Waals surface area (Å²) in [5, 5.41) is 5.44. The third-order valence-electron chi connectivity index (χ3n) is 4.54. The van der Waals surface area contributed by atoms with Gasteiger partial charge in [-0.15, -0.1) is 0 Å². The van der Waals surface area contributed by atoms with Crippen molar-refractivity contribution in [3.05, 3.63) is 59.7 Å². The molecule has 156 valence electrons. The molecular formula is C23H26N4O3. The van der Waals surface area contributed by atoms with Crippen LogP contribution in [0.5, 0.6) is 0 Å². The van der Waals surface area contributed by atoms with E-state index in [1.54, 1.807) is 26.2 Å². The van der Waals surface area contributed by atoms with Crippen molar-refractivity contribution in [2.75, 3.05) is 13.7 Å². The highest BCUT2D eigenvalue weighted by atomic mass is 16.5. The number of methoxy groups -OCH3 is 1. The zero-order valence-electron chi connectivity index (χ0n) is 17.8. The van der Waals surface area contributed by atoms with Crippen LogP contribution >= 0.6 is 0 Å². The second kappa shape index (κ2) is 9.93. The Balaban J connectivity index is 2.21. The number of esters is 1. The lowest BCUT2D eigenvalue weighted by Gasteiger charge is -2.14. The molecule has 0 aliphatic carbocycles. The normalized spacial score (nSPS) is 11.7. The number of ether oxygens (including phenoxy) is 2. The van der Waals surface area contributed by atoms with Crippen LogP contribution in [0.15, 0.2) is 42.9 Å². The first-order valence-corrected chi connectivity index (χ1v) is 9.89. The van der Waals surface area contributed by atoms with Crippen LogP contribution in [-0.2, 0) is 27.4 Å². The van der Waals surface area contributed by atoms with Gasteiger partial charge in [0.2, 0.25) is 0 Å². The number of hydrogen-bond donors (Lipinski definition) is 0. The second-order valence-electron chi connectivity index (χ2n) is 6.70. The van der Waals surface area contributed by atoms with Crippen molar-refractivity contribution in [3.63, 3.8) is 0 Å². The predicted molar refractivity (Wildman–Crippen MR) is 117 cm³/mol. The molecule has 7 heteroatoms. The summed E-state index contributed by atoms with van der Waals surface area (Å²) < 4.78 is 12.2. The number of rotatable bonds is 8. The highest BCUT2D eigenvalue weighted by Crippen LogP contribution is 2.34. The molecule has 0 amide bonds. The molecule has 30 heavy (non-hydrogen) atoms. The molecule has 0 N–H and O–H groups in total. The molecule has 3 aromatic rings. The van der Waals surface area contributed by atoms with Crippen LogP contribution in [0.25, 0.3) is 28.2 Å². The van der Waals surface area contributed by atoms with Crippen molar-refractivity contribution in [2.45, 2.75) is 33.9 Å². The standard InChI is InChI=1S/C23H26N4O3/c1-5-27-23-19(14-25-27)22(17-11-16(3)12-24-13-17)18(20(26-23)15-29-4)9-7-8-10-21(28)30-6-2/h7-14H,5-6,15H2,1-4H3/b9-7+,10-8+. The maximum Gasteiger partial charge on any atom is 0.330 e. The van der Waals surface area contributed by atoms with E-state index in [-0.39, 0.29) is 5.97 Å². The molecule has 0 aliphatic rings. The number of fused-ring (bicyclic) bond motifs is 1. The fourth-order valence-electron chi connectivity index (χ4n) is 3.29. The van der Waals surface area contributed by atoms with Gasteiger partial charge in [0.25, 0.3) is 0 Å². The summed E-state index contributed by atoms with van der Waals surface area (Å²) in [5.41, 5.74) is 5.53. The van der Waals surface area contributed by atoms with E-state index in [9.17, 15) is 4.79 Å². The highest BCUT2D eigenvalue weighted by Gasteiger charge is 2.18. The lowest BCUT2D eigenvalue weighted by molar-refractivity contribution is -0.137. The zero-order chi connectivity index (χ0) is 21.5. The topological polar surface area (TPSA) is 79.1 Å². The number of carbonyl (C=O) groups excluding carboxylic acids is 1. The molecule has 0 saturated heterocycles. The number of carbonyl (C=O) groups is 1. The van der Waals surface area contributed by atoms with Crippen molar-refractivity contribution in [3.8, 4) is 11.1 Å². The van der Waals surface area contributed by atoms with Crippen LogP contribution in [0.1, 0.15) is 30.7 Å². The van der Waals surface area contributed by atoms with Gasteiger partial charge in [-0.2, -0.15) is 5.10 Å². The molecule has 0 atom stereocenters. The maximum absolute atomic E-state index is 11.6. The predicted octanol–water partition coefficient (Wildman–Crippen LogP) is 4.10. The summed E-state index contributed by atoms with van der Waals surface area (Å²) in [4.78, 5) is 20.8. The molecule has 0 aliphatic heterocycles. The molecule has 3 heterocycles. The van der Waals surface area contributed by atoms with Crippen molar-refractivity contribution < 1.29 is 14.3 Å². The largest absolute Gasteiger partial charge is 0.463 e. The Bertz CT molecular complexity index is 1100. The van der Waals surface area contributed by atoms with E-state index in [4.69, 9.17) is 14.5 Å². The van der Waals surface area contributed by atoms with E-state index in [2.05, 4.69) is 16.1 Å². The first-order chi connectivity index (χ1) is 14.6. The minimum atomic E-state index is -0.375. The molecule has 0 spiro atoms. The van der Waals surface area contributed by atoms with Crippen molar-refractivity contribution in [1.82, 2.24) is 19.7 Å². The number of pyridine rings is 2. The second-order valence-corrected chi connectivity index (χ2v) is 6.70. The minimum absolute atomic E-state index is 0.345. The fraction of sp³-hybridized carbons (Fsp3) is 0.304. The molecule has 3 aromatic heterocycles. The summed E-state index contributed by atoms with van der Waals surface area (Å²) >= 11 is 0. The van der Waals surface area contributed by atoms with E-state index >= 15 is 0 Å². The number of hydrogen-bond acceptors (Lipinski definition) is 6. The molecule has 0 radical (unpaired) electrons. The third kappa shape index (κ3) is 4.63. The summed E-state index contributed by atoms with van der Waals surface area (Å²) in [6, 6.07) is 2.09. The Hall–Kier alpha value is -3.32. The first-order valence-electron chi connectivity index (χ1n) is 9.89. The molecule has 0 bridgehead atoms. The Morgan fingerprint density at radius 1 is 1.20 bits per heavy atom. The molecular weight excluding hydrogens is 380 g/mol. The first kappa shape index (κ1) is 21.4. The quantitative estimate of drug-likeness (QED) is 0.318. The minimum Gasteiger partial charge on any atom is -0.463 e. The number of nitrogens with zero attached hydrogens (tertiary/aromatic N) is 4. The van der Waals surface area contributed by atoms with E-state index in [0.29, 0.717) is 19.8 Å². The summed E-state index contributed by atoms with van der Waals surface area (Å²) in [7, 11) is 1.64. The van der Waals surface area contributed by atoms with E-state index in [1.165, 1.54) is 6.08 Å². The molecule has 0 saturated carbocycles. The molecule has 0 fully saturated rings. The zero-order valence-corrected chi connectivity index (χ0v) is 17.8. The average Bonchev–Trinajstić information content (AvgIpc) is 3.14. The van der Waals surface area contributed by atoms with Crippen LogP contribution in [0.3, 0.4) is 0 Å². The Morgan fingerprint density at radius 3 is 2.73 bits per heavy atom. The van der Waals surface area contributed by atoms with E-state index in [0.717, 1.165) is 39.0 Å². The van der Waals surface area contributed by atoms with Gasteiger partial charge in [-0.05, 0) is 32.4 Å². The van der Waals surface area contributed by atoms with Gasteiger partial charge in [0, 0.05) is 54.2 Å². The maximum atomic E-state index is 11.6. The Kier molecular flexibility index (Phi) is 7.08. The summed E-state index contributed by atoms with van der Waals surface area (Å²) in [6.07, 6.45) is 12.3. The Labute approximate surface area is 176 Å². The van der Waals surface area contributed by atoms with Crippen LogP contribution < -0.4 is 0 Å². The highest BCUT2D eigenvalue weighted by molar-refractivity contribution is 5.98. The number of aromatic nitrogens is 4. The lowest BCUT2D eigenvalue weighted by Crippen LogP contribution is -2.04. The van der Waals surface area contributed by atoms with Crippen molar-refractivity contribution >= 4 is 23.1 Å². The van der Waals surface area contributed by atoms with Gasteiger partial charge < -0.3 is 9.47 Å². The van der Waals surface area contributed by atoms with Gasteiger partial charge in [-0.1, -0.05) is 18.2 Å². The van der Waals surface area contributed by atoms with Gasteiger partial charge in [0.1, 0.15) is 0 Å². The number of aryl methyl sites for hydroxylation is 2. The van der Waals surface area contributed by atoms with Crippen molar-refractivity contribution in [1.29, 1.82) is 0 Å². The average molecular weight is 406 g/mol.